The summed E-state index contributed by atoms with van der Waals surface area (Å²) in [4.78, 5) is 28.5. The number of ether oxygens (including phenoxy) is 1. The number of nitrogens with zero attached hydrogens (tertiary/aromatic N) is 4. The minimum absolute atomic E-state index is 0.0268. The van der Waals surface area contributed by atoms with E-state index >= 15 is 0 Å². The Bertz CT molecular complexity index is 1090. The molecule has 9 nitrogen and oxygen atoms in total. The van der Waals surface area contributed by atoms with Crippen LogP contribution in [-0.4, -0.2) is 38.8 Å². The van der Waals surface area contributed by atoms with Crippen LogP contribution in [0.2, 0.25) is 0 Å². The topological polar surface area (TPSA) is 123 Å². The Hall–Kier alpha value is -4.01. The van der Waals surface area contributed by atoms with Crippen molar-refractivity contribution in [1.29, 1.82) is 0 Å². The summed E-state index contributed by atoms with van der Waals surface area (Å²) in [6.45, 7) is 1.83. The zero-order valence-electron chi connectivity index (χ0n) is 14.8. The van der Waals surface area contributed by atoms with Crippen LogP contribution in [-0.2, 0) is 4.74 Å². The van der Waals surface area contributed by atoms with E-state index in [0.717, 1.165) is 5.56 Å². The van der Waals surface area contributed by atoms with Gasteiger partial charge in [0, 0.05) is 23.5 Å². The molecule has 0 aromatic carbocycles. The van der Waals surface area contributed by atoms with Crippen LogP contribution in [0.15, 0.2) is 46.5 Å². The standard InChI is InChI=1S/C19H15N5O4/c1-2-27-19(26)15-16(25)14(28-18(15)24-12-8-20-10-21-9-12)6-11-7-23-17-13(11)4-3-5-22-17/h3-10,24-25H,2H2,1H3. The second-order valence-electron chi connectivity index (χ2n) is 5.72. The van der Waals surface area contributed by atoms with Gasteiger partial charge < -0.3 is 19.6 Å². The van der Waals surface area contributed by atoms with Crippen molar-refractivity contribution in [1.82, 2.24) is 15.0 Å². The van der Waals surface area contributed by atoms with Gasteiger partial charge in [0.1, 0.15) is 6.33 Å². The van der Waals surface area contributed by atoms with E-state index in [9.17, 15) is 9.90 Å². The predicted octanol–water partition coefficient (Wildman–Crippen LogP) is 3.35. The van der Waals surface area contributed by atoms with Crippen molar-refractivity contribution in [2.24, 2.45) is 4.99 Å². The summed E-state index contributed by atoms with van der Waals surface area (Å²) >= 11 is 0. The molecule has 9 heteroatoms. The molecule has 1 aliphatic heterocycles. The quantitative estimate of drug-likeness (QED) is 0.649. The van der Waals surface area contributed by atoms with Gasteiger partial charge in [-0.1, -0.05) is 0 Å². The number of rotatable bonds is 5. The van der Waals surface area contributed by atoms with Crippen molar-refractivity contribution < 1.29 is 19.1 Å². The van der Waals surface area contributed by atoms with Crippen LogP contribution in [0.25, 0.3) is 11.6 Å². The molecule has 3 aromatic heterocycles. The van der Waals surface area contributed by atoms with Crippen molar-refractivity contribution in [2.75, 3.05) is 11.9 Å². The first-order valence-electron chi connectivity index (χ1n) is 8.43. The Labute approximate surface area is 159 Å². The van der Waals surface area contributed by atoms with Gasteiger partial charge in [0.15, 0.2) is 22.9 Å². The zero-order valence-corrected chi connectivity index (χ0v) is 14.8. The van der Waals surface area contributed by atoms with Crippen LogP contribution in [0, 0.1) is 0 Å². The lowest BCUT2D eigenvalue weighted by molar-refractivity contribution is 0.0524. The number of hydrogen-bond donors (Lipinski definition) is 2. The van der Waals surface area contributed by atoms with E-state index in [4.69, 9.17) is 9.15 Å². The Morgan fingerprint density at radius 3 is 2.96 bits per heavy atom. The maximum absolute atomic E-state index is 12.4. The fourth-order valence-corrected chi connectivity index (χ4v) is 2.69. The van der Waals surface area contributed by atoms with Gasteiger partial charge in [-0.3, -0.25) is 0 Å². The van der Waals surface area contributed by atoms with Crippen LogP contribution in [0.3, 0.4) is 0 Å². The van der Waals surface area contributed by atoms with E-state index in [1.807, 2.05) is 6.07 Å². The summed E-state index contributed by atoms with van der Waals surface area (Å²) in [5.74, 6) is -0.365. The predicted molar refractivity (Wildman–Crippen MR) is 102 cm³/mol. The number of anilines is 2. The number of pyridine rings is 1. The van der Waals surface area contributed by atoms with Gasteiger partial charge in [0.2, 0.25) is 5.88 Å². The Morgan fingerprint density at radius 2 is 2.18 bits per heavy atom. The fraction of sp³-hybridized carbons (Fsp3) is 0.105. The van der Waals surface area contributed by atoms with E-state index in [-0.39, 0.29) is 29.6 Å². The van der Waals surface area contributed by atoms with Gasteiger partial charge >= 0.3 is 5.97 Å². The number of aromatic hydroxyl groups is 1. The highest BCUT2D eigenvalue weighted by molar-refractivity contribution is 6.21. The molecule has 0 atom stereocenters. The van der Waals surface area contributed by atoms with E-state index in [1.165, 1.54) is 18.7 Å². The zero-order chi connectivity index (χ0) is 19.5. The Kier molecular flexibility index (Phi) is 4.55. The molecular formula is C19H15N5O4. The molecular weight excluding hydrogens is 362 g/mol. The third-order valence-corrected chi connectivity index (χ3v) is 3.92. The van der Waals surface area contributed by atoms with Gasteiger partial charge in [0.05, 0.1) is 24.7 Å². The third kappa shape index (κ3) is 3.20. The highest BCUT2D eigenvalue weighted by Gasteiger charge is 2.27. The molecule has 0 saturated carbocycles. The molecule has 0 bridgehead atoms. The van der Waals surface area contributed by atoms with Crippen molar-refractivity contribution in [3.05, 3.63) is 53.9 Å². The van der Waals surface area contributed by atoms with E-state index in [2.05, 4.69) is 25.3 Å². The first-order chi connectivity index (χ1) is 13.7. The van der Waals surface area contributed by atoms with Crippen molar-refractivity contribution in [2.45, 2.75) is 6.92 Å². The van der Waals surface area contributed by atoms with Crippen molar-refractivity contribution in [3.63, 3.8) is 0 Å². The van der Waals surface area contributed by atoms with E-state index in [0.29, 0.717) is 17.1 Å². The number of nitrogens with one attached hydrogen (secondary N) is 1. The molecule has 0 amide bonds. The lowest BCUT2D eigenvalue weighted by Gasteiger charge is -2.04. The van der Waals surface area contributed by atoms with Crippen molar-refractivity contribution >= 4 is 41.2 Å². The number of hydrogen-bond acceptors (Lipinski definition) is 9. The molecule has 140 valence electrons. The monoisotopic (exact) mass is 377 g/mol. The molecule has 0 fully saturated rings. The number of fused-ring (bicyclic) bond motifs is 1. The minimum atomic E-state index is -0.713. The van der Waals surface area contributed by atoms with E-state index in [1.54, 1.807) is 31.5 Å². The maximum atomic E-state index is 12.4. The summed E-state index contributed by atoms with van der Waals surface area (Å²) in [5, 5.41) is 13.5. The normalized spacial score (nSPS) is 13.5. The Morgan fingerprint density at radius 1 is 1.36 bits per heavy atom. The highest BCUT2D eigenvalue weighted by Crippen LogP contribution is 2.39. The number of carbonyl (C=O) groups is 1. The summed E-state index contributed by atoms with van der Waals surface area (Å²) in [6.07, 6.45) is 9.23. The molecule has 0 aliphatic carbocycles. The van der Waals surface area contributed by atoms with Gasteiger partial charge in [-0.25, -0.2) is 24.7 Å². The van der Waals surface area contributed by atoms with Gasteiger partial charge in [0.25, 0.3) is 0 Å². The molecule has 0 unspecified atom stereocenters. The van der Waals surface area contributed by atoms with Crippen molar-refractivity contribution in [3.8, 4) is 5.75 Å². The largest absolute Gasteiger partial charge is 0.504 e. The van der Waals surface area contributed by atoms with E-state index < -0.39 is 5.97 Å². The van der Waals surface area contributed by atoms with Gasteiger partial charge in [-0.2, -0.15) is 0 Å². The average Bonchev–Trinajstić information content (AvgIpc) is 3.24. The number of esters is 1. The molecule has 0 saturated heterocycles. The summed E-state index contributed by atoms with van der Waals surface area (Å²) in [6, 6.07) is 3.64. The van der Waals surface area contributed by atoms with Crippen LogP contribution in [0.5, 0.6) is 5.75 Å². The average molecular weight is 377 g/mol. The number of furan rings is 1. The van der Waals surface area contributed by atoms with Crippen LogP contribution >= 0.6 is 0 Å². The molecule has 28 heavy (non-hydrogen) atoms. The third-order valence-electron chi connectivity index (χ3n) is 3.92. The Balaban J connectivity index is 1.77. The second-order valence-corrected chi connectivity index (χ2v) is 5.72. The first kappa shape index (κ1) is 17.4. The van der Waals surface area contributed by atoms with Crippen LogP contribution in [0.4, 0.5) is 17.4 Å². The molecule has 1 aliphatic rings. The number of carbonyl (C=O) groups excluding carboxylic acids is 1. The lowest BCUT2D eigenvalue weighted by atomic mass is 10.1. The van der Waals surface area contributed by atoms with Crippen LogP contribution < -0.4 is 5.32 Å². The molecule has 0 radical (unpaired) electrons. The van der Waals surface area contributed by atoms with Gasteiger partial charge in [-0.05, 0) is 25.1 Å². The lowest BCUT2D eigenvalue weighted by Crippen LogP contribution is -2.06. The SMILES string of the molecule is CCOC(=O)c1c(Nc2cncnc2)oc(C=C2C=Nc3ncccc32)c1O. The smallest absolute Gasteiger partial charge is 0.347 e. The van der Waals surface area contributed by atoms with Gasteiger partial charge in [-0.15, -0.1) is 0 Å². The molecule has 3 aromatic rings. The number of aromatic nitrogens is 3. The minimum Gasteiger partial charge on any atom is -0.504 e. The summed E-state index contributed by atoms with van der Waals surface area (Å²) in [7, 11) is 0. The molecule has 4 heterocycles. The maximum Gasteiger partial charge on any atom is 0.347 e. The van der Waals surface area contributed by atoms with Crippen LogP contribution in [0.1, 0.15) is 28.6 Å². The molecule has 4 rings (SSSR count). The second kappa shape index (κ2) is 7.31. The summed E-state index contributed by atoms with van der Waals surface area (Å²) in [5.41, 5.74) is 1.86. The molecule has 2 N–H and O–H groups in total. The highest BCUT2D eigenvalue weighted by atomic mass is 16.5. The number of allylic oxidation sites excluding steroid dienone is 1. The molecule has 0 spiro atoms. The summed E-state index contributed by atoms with van der Waals surface area (Å²) < 4.78 is 10.8. The first-order valence-corrected chi connectivity index (χ1v) is 8.43. The fourth-order valence-electron chi connectivity index (χ4n) is 2.69. The number of aliphatic imine (C=N–C) groups is 1.